The largest absolute Gasteiger partial charge is 0.399 e. The van der Waals surface area contributed by atoms with Crippen LogP contribution in [0.15, 0.2) is 24.3 Å². The van der Waals surface area contributed by atoms with Crippen molar-refractivity contribution in [3.05, 3.63) is 29.8 Å². The Balaban J connectivity index is 1.98. The van der Waals surface area contributed by atoms with E-state index in [4.69, 9.17) is 5.73 Å². The summed E-state index contributed by atoms with van der Waals surface area (Å²) in [6.45, 7) is 0. The molecule has 1 saturated carbocycles. The summed E-state index contributed by atoms with van der Waals surface area (Å²) in [5.74, 6) is 0.228. The van der Waals surface area contributed by atoms with Crippen molar-refractivity contribution < 1.29 is 8.42 Å². The van der Waals surface area contributed by atoms with E-state index in [1.807, 2.05) is 24.3 Å². The number of para-hydroxylation sites is 1. The van der Waals surface area contributed by atoms with Crippen LogP contribution in [-0.2, 0) is 16.3 Å². The zero-order chi connectivity index (χ0) is 13.0. The summed E-state index contributed by atoms with van der Waals surface area (Å²) in [5, 5.41) is -0.115. The van der Waals surface area contributed by atoms with Gasteiger partial charge in [-0.1, -0.05) is 37.5 Å². The summed E-state index contributed by atoms with van der Waals surface area (Å²) in [7, 11) is -2.95. The van der Waals surface area contributed by atoms with Crippen LogP contribution in [0.5, 0.6) is 0 Å². The van der Waals surface area contributed by atoms with Gasteiger partial charge in [-0.2, -0.15) is 0 Å². The van der Waals surface area contributed by atoms with Gasteiger partial charge in [-0.25, -0.2) is 8.42 Å². The average molecular weight is 267 g/mol. The molecule has 100 valence electrons. The first-order valence-electron chi connectivity index (χ1n) is 6.64. The van der Waals surface area contributed by atoms with Crippen molar-refractivity contribution in [3.8, 4) is 0 Å². The Hall–Kier alpha value is -1.03. The zero-order valence-corrected chi connectivity index (χ0v) is 11.5. The molecular weight excluding hydrogens is 246 g/mol. The van der Waals surface area contributed by atoms with Gasteiger partial charge < -0.3 is 5.73 Å². The first kappa shape index (κ1) is 13.4. The molecule has 0 atom stereocenters. The van der Waals surface area contributed by atoms with Crippen LogP contribution in [0.3, 0.4) is 0 Å². The van der Waals surface area contributed by atoms with Gasteiger partial charge in [0.25, 0.3) is 0 Å². The van der Waals surface area contributed by atoms with E-state index in [1.165, 1.54) is 6.42 Å². The van der Waals surface area contributed by atoms with Gasteiger partial charge in [0.1, 0.15) is 0 Å². The number of nitrogens with two attached hydrogens (primary N) is 1. The summed E-state index contributed by atoms with van der Waals surface area (Å²) >= 11 is 0. The van der Waals surface area contributed by atoms with Crippen LogP contribution in [0.4, 0.5) is 5.69 Å². The average Bonchev–Trinajstić information content (AvgIpc) is 2.39. The molecule has 0 saturated heterocycles. The third kappa shape index (κ3) is 3.25. The van der Waals surface area contributed by atoms with Crippen molar-refractivity contribution in [3.63, 3.8) is 0 Å². The van der Waals surface area contributed by atoms with Gasteiger partial charge in [-0.3, -0.25) is 0 Å². The van der Waals surface area contributed by atoms with E-state index >= 15 is 0 Å². The van der Waals surface area contributed by atoms with Crippen molar-refractivity contribution in [2.24, 2.45) is 0 Å². The standard InChI is InChI=1S/C14H21NO2S/c15-14-9-5-4-6-12(14)10-11-18(16,17)13-7-2-1-3-8-13/h4-6,9,13H,1-3,7-8,10-11,15H2. The van der Waals surface area contributed by atoms with Gasteiger partial charge in [0.15, 0.2) is 9.84 Å². The molecule has 1 aromatic rings. The Morgan fingerprint density at radius 3 is 2.44 bits per heavy atom. The number of hydrogen-bond donors (Lipinski definition) is 1. The molecule has 18 heavy (non-hydrogen) atoms. The molecule has 0 aromatic heterocycles. The lowest BCUT2D eigenvalue weighted by molar-refractivity contribution is 0.483. The molecule has 4 heteroatoms. The Morgan fingerprint density at radius 1 is 1.11 bits per heavy atom. The molecule has 0 bridgehead atoms. The van der Waals surface area contributed by atoms with Gasteiger partial charge in [0.2, 0.25) is 0 Å². The third-order valence-corrected chi connectivity index (χ3v) is 6.03. The lowest BCUT2D eigenvalue weighted by Gasteiger charge is -2.21. The quantitative estimate of drug-likeness (QED) is 0.853. The van der Waals surface area contributed by atoms with Crippen LogP contribution in [-0.4, -0.2) is 19.4 Å². The summed E-state index contributed by atoms with van der Waals surface area (Å²) < 4.78 is 24.5. The minimum atomic E-state index is -2.95. The second-order valence-electron chi connectivity index (χ2n) is 5.08. The molecule has 1 fully saturated rings. The van der Waals surface area contributed by atoms with E-state index in [-0.39, 0.29) is 11.0 Å². The molecule has 0 spiro atoms. The van der Waals surface area contributed by atoms with Crippen LogP contribution < -0.4 is 5.73 Å². The highest BCUT2D eigenvalue weighted by molar-refractivity contribution is 7.92. The molecule has 1 aliphatic rings. The van der Waals surface area contributed by atoms with Gasteiger partial charge in [0.05, 0.1) is 11.0 Å². The molecule has 0 amide bonds. The van der Waals surface area contributed by atoms with E-state index in [2.05, 4.69) is 0 Å². The second kappa shape index (κ2) is 5.74. The van der Waals surface area contributed by atoms with E-state index in [0.29, 0.717) is 12.1 Å². The third-order valence-electron chi connectivity index (χ3n) is 3.77. The Kier molecular flexibility index (Phi) is 4.27. The van der Waals surface area contributed by atoms with Crippen LogP contribution in [0, 0.1) is 0 Å². The lowest BCUT2D eigenvalue weighted by atomic mass is 10.0. The molecular formula is C14H21NO2S. The highest BCUT2D eigenvalue weighted by Gasteiger charge is 2.26. The fourth-order valence-corrected chi connectivity index (χ4v) is 4.49. The number of nitrogen functional groups attached to an aromatic ring is 1. The number of rotatable bonds is 4. The SMILES string of the molecule is Nc1ccccc1CCS(=O)(=O)C1CCCCC1. The predicted octanol–water partition coefficient (Wildman–Crippen LogP) is 2.56. The number of sulfone groups is 1. The topological polar surface area (TPSA) is 60.2 Å². The van der Waals surface area contributed by atoms with Crippen LogP contribution in [0.25, 0.3) is 0 Å². The normalized spacial score (nSPS) is 17.8. The minimum absolute atomic E-state index is 0.115. The molecule has 0 aliphatic heterocycles. The fraction of sp³-hybridized carbons (Fsp3) is 0.571. The van der Waals surface area contributed by atoms with E-state index in [1.54, 1.807) is 0 Å². The smallest absolute Gasteiger partial charge is 0.153 e. The Labute approximate surface area is 109 Å². The van der Waals surface area contributed by atoms with E-state index in [9.17, 15) is 8.42 Å². The highest BCUT2D eigenvalue weighted by Crippen LogP contribution is 2.25. The summed E-state index contributed by atoms with van der Waals surface area (Å²) in [5.41, 5.74) is 7.47. The fourth-order valence-electron chi connectivity index (χ4n) is 2.60. The maximum atomic E-state index is 12.2. The molecule has 3 nitrogen and oxygen atoms in total. The monoisotopic (exact) mass is 267 g/mol. The molecule has 1 aliphatic carbocycles. The van der Waals surface area contributed by atoms with Crippen molar-refractivity contribution in [1.29, 1.82) is 0 Å². The highest BCUT2D eigenvalue weighted by atomic mass is 32.2. The van der Waals surface area contributed by atoms with Gasteiger partial charge in [0, 0.05) is 5.69 Å². The molecule has 2 rings (SSSR count). The minimum Gasteiger partial charge on any atom is -0.399 e. The first-order chi connectivity index (χ1) is 8.59. The Bertz CT molecular complexity index is 490. The number of hydrogen-bond acceptors (Lipinski definition) is 3. The molecule has 0 heterocycles. The van der Waals surface area contributed by atoms with Crippen LogP contribution >= 0.6 is 0 Å². The van der Waals surface area contributed by atoms with Crippen LogP contribution in [0.1, 0.15) is 37.7 Å². The van der Waals surface area contributed by atoms with Gasteiger partial charge >= 0.3 is 0 Å². The van der Waals surface area contributed by atoms with Crippen molar-refractivity contribution in [2.75, 3.05) is 11.5 Å². The number of anilines is 1. The summed E-state index contributed by atoms with van der Waals surface area (Å²) in [6.07, 6.45) is 5.50. The van der Waals surface area contributed by atoms with E-state index in [0.717, 1.165) is 31.2 Å². The van der Waals surface area contributed by atoms with Crippen LogP contribution in [0.2, 0.25) is 0 Å². The van der Waals surface area contributed by atoms with Crippen molar-refractivity contribution >= 4 is 15.5 Å². The maximum Gasteiger partial charge on any atom is 0.153 e. The lowest BCUT2D eigenvalue weighted by Crippen LogP contribution is -2.27. The number of aryl methyl sites for hydroxylation is 1. The predicted molar refractivity (Wildman–Crippen MR) is 75.2 cm³/mol. The molecule has 1 aromatic carbocycles. The van der Waals surface area contributed by atoms with Gasteiger partial charge in [-0.05, 0) is 30.9 Å². The molecule has 2 N–H and O–H groups in total. The number of benzene rings is 1. The molecule has 0 unspecified atom stereocenters. The first-order valence-corrected chi connectivity index (χ1v) is 8.36. The zero-order valence-electron chi connectivity index (χ0n) is 10.6. The van der Waals surface area contributed by atoms with Crippen molar-refractivity contribution in [1.82, 2.24) is 0 Å². The molecule has 0 radical (unpaired) electrons. The van der Waals surface area contributed by atoms with Crippen molar-refractivity contribution in [2.45, 2.75) is 43.8 Å². The summed E-state index contributed by atoms with van der Waals surface area (Å²) in [6, 6.07) is 7.50. The Morgan fingerprint density at radius 2 is 1.78 bits per heavy atom. The maximum absolute atomic E-state index is 12.2. The van der Waals surface area contributed by atoms with E-state index < -0.39 is 9.84 Å². The summed E-state index contributed by atoms with van der Waals surface area (Å²) in [4.78, 5) is 0. The second-order valence-corrected chi connectivity index (χ2v) is 7.48. The van der Waals surface area contributed by atoms with Gasteiger partial charge in [-0.15, -0.1) is 0 Å².